The first-order valence-electron chi connectivity index (χ1n) is 9.00. The molecule has 0 aromatic heterocycles. The van der Waals surface area contributed by atoms with Crippen molar-refractivity contribution in [2.75, 3.05) is 13.7 Å². The molecule has 0 saturated heterocycles. The number of amides is 1. The van der Waals surface area contributed by atoms with Crippen LogP contribution in [-0.2, 0) is 11.3 Å². The fourth-order valence-electron chi connectivity index (χ4n) is 2.54. The van der Waals surface area contributed by atoms with Gasteiger partial charge in [-0.25, -0.2) is 0 Å². The first-order chi connectivity index (χ1) is 12.5. The zero-order chi connectivity index (χ0) is 20.8. The van der Waals surface area contributed by atoms with E-state index in [1.165, 1.54) is 0 Å². The van der Waals surface area contributed by atoms with Crippen molar-refractivity contribution in [2.24, 2.45) is 0 Å². The van der Waals surface area contributed by atoms with Gasteiger partial charge >= 0.3 is 0 Å². The fourth-order valence-corrected chi connectivity index (χ4v) is 3.64. The summed E-state index contributed by atoms with van der Waals surface area (Å²) in [6, 6.07) is 3.87. The molecule has 0 spiro atoms. The van der Waals surface area contributed by atoms with Gasteiger partial charge in [0.1, 0.15) is 11.5 Å². The van der Waals surface area contributed by atoms with Crippen LogP contribution >= 0.6 is 24.0 Å². The molecule has 0 N–H and O–H groups in total. The molecule has 5 nitrogen and oxygen atoms in total. The highest BCUT2D eigenvalue weighted by atomic mass is 32.2. The van der Waals surface area contributed by atoms with Gasteiger partial charge in [0, 0.05) is 28.4 Å². The lowest BCUT2D eigenvalue weighted by atomic mass is 10.0. The minimum Gasteiger partial charge on any atom is -0.496 e. The molecule has 27 heavy (non-hydrogen) atoms. The zero-order valence-corrected chi connectivity index (χ0v) is 19.2. The molecule has 0 unspecified atom stereocenters. The molecule has 1 aromatic rings. The molecule has 1 aromatic carbocycles. The number of benzene rings is 1. The van der Waals surface area contributed by atoms with Crippen molar-refractivity contribution in [3.63, 3.8) is 0 Å². The Bertz CT molecular complexity index is 669. The van der Waals surface area contributed by atoms with Gasteiger partial charge in [-0.05, 0) is 72.8 Å². The number of carbonyl (C=O) groups excluding carboxylic acids is 1. The Balaban J connectivity index is 3.16. The average Bonchev–Trinajstić information content (AvgIpc) is 2.53. The lowest BCUT2D eigenvalue weighted by Gasteiger charge is -2.35. The number of nitrogens with zero attached hydrogens (tertiary/aromatic N) is 1. The molecule has 1 rings (SSSR count). The van der Waals surface area contributed by atoms with Gasteiger partial charge < -0.3 is 19.1 Å². The topological polar surface area (TPSA) is 48.0 Å². The zero-order valence-electron chi connectivity index (χ0n) is 17.5. The van der Waals surface area contributed by atoms with Crippen LogP contribution in [0.5, 0.6) is 11.5 Å². The summed E-state index contributed by atoms with van der Waals surface area (Å²) < 4.78 is 17.0. The number of thioether (sulfide) groups is 1. The van der Waals surface area contributed by atoms with Crippen molar-refractivity contribution in [1.82, 2.24) is 4.90 Å². The van der Waals surface area contributed by atoms with Gasteiger partial charge in [-0.2, -0.15) is 0 Å². The second-order valence-corrected chi connectivity index (χ2v) is 8.91. The van der Waals surface area contributed by atoms with Crippen molar-refractivity contribution >= 4 is 33.6 Å². The van der Waals surface area contributed by atoms with E-state index in [1.807, 2.05) is 60.6 Å². The van der Waals surface area contributed by atoms with E-state index in [-0.39, 0.29) is 15.7 Å². The minimum absolute atomic E-state index is 0.0721. The Kier molecular flexibility index (Phi) is 8.88. The highest BCUT2D eigenvalue weighted by molar-refractivity contribution is 8.32. The normalized spacial score (nSPS) is 11.3. The number of carbonyl (C=O) groups is 1. The molecule has 1 amide bonds. The van der Waals surface area contributed by atoms with Crippen LogP contribution in [0.1, 0.15) is 52.7 Å². The molecule has 0 saturated carbocycles. The predicted octanol–water partition coefficient (Wildman–Crippen LogP) is 5.57. The molecular formula is C20H31NO4S2. The maximum Gasteiger partial charge on any atom is 0.290 e. The van der Waals surface area contributed by atoms with Crippen LogP contribution in [-0.4, -0.2) is 39.9 Å². The summed E-state index contributed by atoms with van der Waals surface area (Å²) in [5, 5.41) is -0.150. The Morgan fingerprint density at radius 2 is 1.93 bits per heavy atom. The van der Waals surface area contributed by atoms with E-state index >= 15 is 0 Å². The highest BCUT2D eigenvalue weighted by Crippen LogP contribution is 2.34. The summed E-state index contributed by atoms with van der Waals surface area (Å²) in [6.07, 6.45) is 0.0721. The summed E-state index contributed by atoms with van der Waals surface area (Å²) in [6.45, 7) is 14.6. The predicted molar refractivity (Wildman–Crippen MR) is 116 cm³/mol. The fraction of sp³-hybridized carbons (Fsp3) is 0.600. The van der Waals surface area contributed by atoms with E-state index in [9.17, 15) is 4.79 Å². The number of rotatable bonds is 6. The quantitative estimate of drug-likeness (QED) is 0.569. The molecular weight excluding hydrogens is 382 g/mol. The standard InChI is InChI=1S/C20H31NO4S2/c1-9-24-19(26)27-18(22)21(20(5,6)7)12-15-10-11-16(25-13(2)3)14(4)17(15)23-8/h10-11,13H,9,12H2,1-8H3. The summed E-state index contributed by atoms with van der Waals surface area (Å²) in [4.78, 5) is 14.6. The molecule has 0 aliphatic carbocycles. The van der Waals surface area contributed by atoms with Gasteiger partial charge in [0.15, 0.2) is 0 Å². The van der Waals surface area contributed by atoms with E-state index < -0.39 is 5.54 Å². The number of ether oxygens (including phenoxy) is 3. The lowest BCUT2D eigenvalue weighted by Crippen LogP contribution is -2.43. The van der Waals surface area contributed by atoms with Gasteiger partial charge in [-0.15, -0.1) is 0 Å². The smallest absolute Gasteiger partial charge is 0.290 e. The Labute approximate surface area is 172 Å². The monoisotopic (exact) mass is 413 g/mol. The maximum absolute atomic E-state index is 12.8. The third kappa shape index (κ3) is 6.88. The largest absolute Gasteiger partial charge is 0.496 e. The molecule has 0 heterocycles. The van der Waals surface area contributed by atoms with Crippen molar-refractivity contribution < 1.29 is 19.0 Å². The third-order valence-electron chi connectivity index (χ3n) is 3.80. The van der Waals surface area contributed by atoms with Gasteiger partial charge in [-0.1, -0.05) is 0 Å². The van der Waals surface area contributed by atoms with Gasteiger partial charge in [-0.3, -0.25) is 4.79 Å². The van der Waals surface area contributed by atoms with Gasteiger partial charge in [0.2, 0.25) is 4.38 Å². The summed E-state index contributed by atoms with van der Waals surface area (Å²) in [5.41, 5.74) is 1.44. The summed E-state index contributed by atoms with van der Waals surface area (Å²) in [7, 11) is 1.63. The molecule has 0 aliphatic heterocycles. The third-order valence-corrected chi connectivity index (χ3v) is 4.84. The molecule has 0 atom stereocenters. The summed E-state index contributed by atoms with van der Waals surface area (Å²) in [5.74, 6) is 1.51. The number of hydrogen-bond acceptors (Lipinski definition) is 6. The molecule has 0 aliphatic rings. The first kappa shape index (κ1) is 23.6. The van der Waals surface area contributed by atoms with Crippen molar-refractivity contribution in [3.05, 3.63) is 23.3 Å². The molecule has 0 fully saturated rings. The first-order valence-corrected chi connectivity index (χ1v) is 10.2. The average molecular weight is 414 g/mol. The minimum atomic E-state index is -0.391. The van der Waals surface area contributed by atoms with Crippen LogP contribution in [0.2, 0.25) is 0 Å². The van der Waals surface area contributed by atoms with E-state index in [2.05, 4.69) is 0 Å². The Morgan fingerprint density at radius 3 is 2.41 bits per heavy atom. The molecule has 0 bridgehead atoms. The van der Waals surface area contributed by atoms with Crippen LogP contribution in [0.3, 0.4) is 0 Å². The Hall–Kier alpha value is -1.47. The second kappa shape index (κ2) is 10.2. The lowest BCUT2D eigenvalue weighted by molar-refractivity contribution is 0.161. The SMILES string of the molecule is CCOC(=S)SC(=O)N(Cc1ccc(OC(C)C)c(C)c1OC)C(C)(C)C. The summed E-state index contributed by atoms with van der Waals surface area (Å²) >= 11 is 6.05. The number of hydrogen-bond donors (Lipinski definition) is 0. The van der Waals surface area contributed by atoms with Crippen LogP contribution in [0.4, 0.5) is 4.79 Å². The van der Waals surface area contributed by atoms with Crippen LogP contribution in [0.15, 0.2) is 12.1 Å². The molecule has 0 radical (unpaired) electrons. The van der Waals surface area contributed by atoms with Gasteiger partial charge in [0.05, 0.1) is 26.4 Å². The van der Waals surface area contributed by atoms with Crippen molar-refractivity contribution in [1.29, 1.82) is 0 Å². The van der Waals surface area contributed by atoms with E-state index in [4.69, 9.17) is 26.4 Å². The van der Waals surface area contributed by atoms with E-state index in [0.29, 0.717) is 13.2 Å². The van der Waals surface area contributed by atoms with E-state index in [1.54, 1.807) is 12.0 Å². The van der Waals surface area contributed by atoms with E-state index in [0.717, 1.165) is 34.4 Å². The van der Waals surface area contributed by atoms with Crippen LogP contribution in [0.25, 0.3) is 0 Å². The van der Waals surface area contributed by atoms with Gasteiger partial charge in [0.25, 0.3) is 5.24 Å². The number of thiocarbonyl (C=S) groups is 1. The second-order valence-electron chi connectivity index (χ2n) is 7.36. The van der Waals surface area contributed by atoms with Crippen LogP contribution in [0, 0.1) is 6.92 Å². The molecule has 7 heteroatoms. The Morgan fingerprint density at radius 1 is 1.30 bits per heavy atom. The highest BCUT2D eigenvalue weighted by Gasteiger charge is 2.29. The maximum atomic E-state index is 12.8. The number of methoxy groups -OCH3 is 1. The van der Waals surface area contributed by atoms with Crippen molar-refractivity contribution in [2.45, 2.75) is 66.7 Å². The van der Waals surface area contributed by atoms with Crippen molar-refractivity contribution in [3.8, 4) is 11.5 Å². The molecule has 152 valence electrons. The van der Waals surface area contributed by atoms with Crippen LogP contribution < -0.4 is 9.47 Å².